The van der Waals surface area contributed by atoms with Crippen molar-refractivity contribution in [3.63, 3.8) is 0 Å². The smallest absolute Gasteiger partial charge is 0.132 e. The number of aryl methyl sites for hydroxylation is 2. The molecule has 2 rings (SSSR count). The molecule has 2 aromatic rings. The van der Waals surface area contributed by atoms with Gasteiger partial charge in [0.25, 0.3) is 0 Å². The van der Waals surface area contributed by atoms with Crippen molar-refractivity contribution < 1.29 is 4.39 Å². The van der Waals surface area contributed by atoms with Gasteiger partial charge >= 0.3 is 0 Å². The highest BCUT2D eigenvalue weighted by Gasteiger charge is 2.13. The zero-order valence-corrected chi connectivity index (χ0v) is 9.22. The van der Waals surface area contributed by atoms with Crippen LogP contribution >= 0.6 is 11.6 Å². The lowest BCUT2D eigenvalue weighted by molar-refractivity contribution is 0.631. The second-order valence-corrected chi connectivity index (χ2v) is 3.81. The molecule has 15 heavy (non-hydrogen) atoms. The van der Waals surface area contributed by atoms with E-state index < -0.39 is 0 Å². The molecule has 0 atom stereocenters. The Morgan fingerprint density at radius 1 is 1.40 bits per heavy atom. The predicted octanol–water partition coefficient (Wildman–Crippen LogP) is 3.19. The average molecular weight is 225 g/mol. The molecule has 78 valence electrons. The molecule has 0 saturated heterocycles. The van der Waals surface area contributed by atoms with Crippen LogP contribution in [0.5, 0.6) is 0 Å². The SMILES string of the molecule is Cc1nn(C)cc1-c1c(F)cccc1Cl. The lowest BCUT2D eigenvalue weighted by atomic mass is 10.1. The van der Waals surface area contributed by atoms with E-state index in [4.69, 9.17) is 11.6 Å². The molecular weight excluding hydrogens is 215 g/mol. The number of hydrogen-bond donors (Lipinski definition) is 0. The van der Waals surface area contributed by atoms with E-state index in [2.05, 4.69) is 5.10 Å². The minimum Gasteiger partial charge on any atom is -0.275 e. The molecule has 0 fully saturated rings. The number of rotatable bonds is 1. The first-order valence-electron chi connectivity index (χ1n) is 4.54. The molecule has 0 aliphatic carbocycles. The van der Waals surface area contributed by atoms with E-state index in [0.717, 1.165) is 11.3 Å². The summed E-state index contributed by atoms with van der Waals surface area (Å²) in [6, 6.07) is 4.66. The van der Waals surface area contributed by atoms with Gasteiger partial charge in [0.1, 0.15) is 5.82 Å². The third kappa shape index (κ3) is 1.75. The van der Waals surface area contributed by atoms with Crippen molar-refractivity contribution in [3.05, 3.63) is 40.9 Å². The summed E-state index contributed by atoms with van der Waals surface area (Å²) < 4.78 is 15.3. The van der Waals surface area contributed by atoms with Gasteiger partial charge in [-0.15, -0.1) is 0 Å². The highest BCUT2D eigenvalue weighted by Crippen LogP contribution is 2.31. The van der Waals surface area contributed by atoms with Gasteiger partial charge in [-0.05, 0) is 19.1 Å². The van der Waals surface area contributed by atoms with Crippen molar-refractivity contribution in [2.75, 3.05) is 0 Å². The fraction of sp³-hybridized carbons (Fsp3) is 0.182. The maximum atomic E-state index is 13.6. The molecule has 0 unspecified atom stereocenters. The van der Waals surface area contributed by atoms with Crippen molar-refractivity contribution in [1.29, 1.82) is 0 Å². The molecule has 0 aliphatic heterocycles. The molecule has 0 saturated carbocycles. The van der Waals surface area contributed by atoms with Crippen LogP contribution in [0, 0.1) is 12.7 Å². The van der Waals surface area contributed by atoms with E-state index in [1.807, 2.05) is 6.92 Å². The molecule has 2 nitrogen and oxygen atoms in total. The van der Waals surface area contributed by atoms with Crippen molar-refractivity contribution in [1.82, 2.24) is 9.78 Å². The predicted molar refractivity (Wildman–Crippen MR) is 58.3 cm³/mol. The van der Waals surface area contributed by atoms with Crippen LogP contribution in [0.15, 0.2) is 24.4 Å². The number of hydrogen-bond acceptors (Lipinski definition) is 1. The largest absolute Gasteiger partial charge is 0.275 e. The Hall–Kier alpha value is -1.35. The second kappa shape index (κ2) is 3.66. The zero-order valence-electron chi connectivity index (χ0n) is 8.46. The van der Waals surface area contributed by atoms with Crippen LogP contribution in [-0.4, -0.2) is 9.78 Å². The monoisotopic (exact) mass is 224 g/mol. The highest BCUT2D eigenvalue weighted by molar-refractivity contribution is 6.33. The van der Waals surface area contributed by atoms with E-state index in [1.165, 1.54) is 6.07 Å². The van der Waals surface area contributed by atoms with Gasteiger partial charge < -0.3 is 0 Å². The van der Waals surface area contributed by atoms with Gasteiger partial charge in [-0.1, -0.05) is 17.7 Å². The topological polar surface area (TPSA) is 17.8 Å². The quantitative estimate of drug-likeness (QED) is 0.728. The van der Waals surface area contributed by atoms with E-state index in [9.17, 15) is 4.39 Å². The summed E-state index contributed by atoms with van der Waals surface area (Å²) in [5.74, 6) is -0.321. The molecule has 0 N–H and O–H groups in total. The molecule has 0 aliphatic rings. The van der Waals surface area contributed by atoms with Gasteiger partial charge in [-0.3, -0.25) is 4.68 Å². The van der Waals surface area contributed by atoms with Crippen LogP contribution in [0.25, 0.3) is 11.1 Å². The number of nitrogens with zero attached hydrogens (tertiary/aromatic N) is 2. The molecule has 1 aromatic heterocycles. The number of benzene rings is 1. The summed E-state index contributed by atoms with van der Waals surface area (Å²) in [7, 11) is 1.80. The van der Waals surface area contributed by atoms with Crippen LogP contribution in [0.3, 0.4) is 0 Å². The molecule has 0 radical (unpaired) electrons. The van der Waals surface area contributed by atoms with Crippen molar-refractivity contribution in [3.8, 4) is 11.1 Å². The van der Waals surface area contributed by atoms with Gasteiger partial charge in [-0.25, -0.2) is 4.39 Å². The van der Waals surface area contributed by atoms with Gasteiger partial charge in [0.05, 0.1) is 10.7 Å². The summed E-state index contributed by atoms with van der Waals surface area (Å²) in [5.41, 5.74) is 1.93. The molecule has 0 bridgehead atoms. The maximum Gasteiger partial charge on any atom is 0.132 e. The van der Waals surface area contributed by atoms with Crippen LogP contribution < -0.4 is 0 Å². The Morgan fingerprint density at radius 2 is 2.13 bits per heavy atom. The molecule has 0 spiro atoms. The van der Waals surface area contributed by atoms with Crippen LogP contribution in [0.2, 0.25) is 5.02 Å². The number of halogens is 2. The second-order valence-electron chi connectivity index (χ2n) is 3.40. The number of aromatic nitrogens is 2. The van der Waals surface area contributed by atoms with Crippen LogP contribution in [0.4, 0.5) is 4.39 Å². The maximum absolute atomic E-state index is 13.6. The van der Waals surface area contributed by atoms with Crippen LogP contribution in [-0.2, 0) is 7.05 Å². The summed E-state index contributed by atoms with van der Waals surface area (Å²) in [6.45, 7) is 1.83. The van der Waals surface area contributed by atoms with Crippen molar-refractivity contribution in [2.45, 2.75) is 6.92 Å². The molecule has 1 heterocycles. The average Bonchev–Trinajstić information content (AvgIpc) is 2.45. The van der Waals surface area contributed by atoms with E-state index in [-0.39, 0.29) is 5.82 Å². The Labute approximate surface area is 92.3 Å². The molecule has 0 amide bonds. The molecular formula is C11H10ClFN2. The Kier molecular flexibility index (Phi) is 2.49. The van der Waals surface area contributed by atoms with Gasteiger partial charge in [-0.2, -0.15) is 5.10 Å². The van der Waals surface area contributed by atoms with Crippen LogP contribution in [0.1, 0.15) is 5.69 Å². The summed E-state index contributed by atoms with van der Waals surface area (Å²) in [4.78, 5) is 0. The fourth-order valence-electron chi connectivity index (χ4n) is 1.60. The minimum absolute atomic E-state index is 0.321. The zero-order chi connectivity index (χ0) is 11.0. The normalized spacial score (nSPS) is 10.7. The molecule has 4 heteroatoms. The van der Waals surface area contributed by atoms with Gasteiger partial charge in [0.2, 0.25) is 0 Å². The summed E-state index contributed by atoms with van der Waals surface area (Å²) in [6.07, 6.45) is 1.76. The highest BCUT2D eigenvalue weighted by atomic mass is 35.5. The Morgan fingerprint density at radius 3 is 2.67 bits per heavy atom. The fourth-order valence-corrected chi connectivity index (χ4v) is 1.86. The lowest BCUT2D eigenvalue weighted by Gasteiger charge is -2.03. The minimum atomic E-state index is -0.321. The van der Waals surface area contributed by atoms with Crippen molar-refractivity contribution >= 4 is 11.6 Å². The standard InChI is InChI=1S/C11H10ClFN2/c1-7-8(6-15(2)14-7)11-9(12)4-3-5-10(11)13/h3-6H,1-2H3. The third-order valence-electron chi connectivity index (χ3n) is 2.25. The van der Waals surface area contributed by atoms with Gasteiger partial charge in [0.15, 0.2) is 0 Å². The summed E-state index contributed by atoms with van der Waals surface area (Å²) >= 11 is 5.97. The van der Waals surface area contributed by atoms with Crippen molar-refractivity contribution in [2.24, 2.45) is 7.05 Å². The van der Waals surface area contributed by atoms with E-state index in [0.29, 0.717) is 10.6 Å². The first-order chi connectivity index (χ1) is 7.09. The lowest BCUT2D eigenvalue weighted by Crippen LogP contribution is -1.86. The van der Waals surface area contributed by atoms with E-state index in [1.54, 1.807) is 30.1 Å². The molecule has 1 aromatic carbocycles. The Balaban J connectivity index is 2.68. The summed E-state index contributed by atoms with van der Waals surface area (Å²) in [5, 5.41) is 4.57. The first kappa shape index (κ1) is 10.2. The first-order valence-corrected chi connectivity index (χ1v) is 4.92. The third-order valence-corrected chi connectivity index (χ3v) is 2.56. The Bertz CT molecular complexity index is 485. The van der Waals surface area contributed by atoms with E-state index >= 15 is 0 Å². The van der Waals surface area contributed by atoms with Gasteiger partial charge in [0, 0.05) is 24.4 Å².